The number of imidazole rings is 1. The van der Waals surface area contributed by atoms with Crippen LogP contribution in [0.2, 0.25) is 0 Å². The molecule has 0 aliphatic rings. The first-order chi connectivity index (χ1) is 19.8. The van der Waals surface area contributed by atoms with Crippen LogP contribution in [-0.2, 0) is 7.05 Å². The largest absolute Gasteiger partial charge is 0.313 e. The zero-order chi connectivity index (χ0) is 26.4. The van der Waals surface area contributed by atoms with E-state index in [1.165, 1.54) is 48.9 Å². The van der Waals surface area contributed by atoms with Crippen LogP contribution in [0.3, 0.4) is 0 Å². The molecule has 0 N–H and O–H groups in total. The maximum Gasteiger partial charge on any atom is 0.215 e. The second kappa shape index (κ2) is 7.84. The van der Waals surface area contributed by atoms with Gasteiger partial charge >= 0.3 is 0 Å². The van der Waals surface area contributed by atoms with Gasteiger partial charge in [-0.25, -0.2) is 4.98 Å². The van der Waals surface area contributed by atoms with Crippen LogP contribution in [0.25, 0.3) is 77.1 Å². The number of hydrogen-bond donors (Lipinski definition) is 0. The van der Waals surface area contributed by atoms with Gasteiger partial charge in [0.15, 0.2) is 0 Å². The first-order valence-corrected chi connectivity index (χ1v) is 13.6. The number of para-hydroxylation sites is 5. The van der Waals surface area contributed by atoms with Gasteiger partial charge in [0.2, 0.25) is 5.95 Å². The lowest BCUT2D eigenvalue weighted by atomic mass is 10.0. The molecule has 0 atom stereocenters. The standard InChI is InChI=1S/C36H24N4/c1-38-33-18-10-7-15-30(33)37-36(38)40-32-17-9-6-14-25(32)27-20-21-28-29(35(27)40)22-19-26-24-13-5-8-16-31(24)39(34(26)28)23-11-3-2-4-12-23/h2-22H,1H3. The molecule has 9 rings (SSSR count). The zero-order valence-electron chi connectivity index (χ0n) is 21.9. The molecule has 3 aromatic heterocycles. The van der Waals surface area contributed by atoms with Crippen LogP contribution in [-0.4, -0.2) is 18.7 Å². The lowest BCUT2D eigenvalue weighted by Crippen LogP contribution is -2.03. The third-order valence-electron chi connectivity index (χ3n) is 8.44. The SMILES string of the molecule is Cn1c(-n2c3ccccc3c3ccc4c(ccc5c6ccccc6n(-c6ccccc6)c54)c32)nc2ccccc21. The monoisotopic (exact) mass is 512 g/mol. The highest BCUT2D eigenvalue weighted by Gasteiger charge is 2.21. The van der Waals surface area contributed by atoms with Gasteiger partial charge < -0.3 is 9.13 Å². The summed E-state index contributed by atoms with van der Waals surface area (Å²) in [5.41, 5.74) is 8.07. The minimum absolute atomic E-state index is 0.920. The summed E-state index contributed by atoms with van der Waals surface area (Å²) in [4.78, 5) is 5.14. The van der Waals surface area contributed by atoms with Gasteiger partial charge in [-0.1, -0.05) is 91.0 Å². The van der Waals surface area contributed by atoms with Crippen LogP contribution in [0.1, 0.15) is 0 Å². The van der Waals surface area contributed by atoms with Crippen molar-refractivity contribution < 1.29 is 0 Å². The van der Waals surface area contributed by atoms with Gasteiger partial charge in [0.25, 0.3) is 0 Å². The van der Waals surface area contributed by atoms with E-state index in [9.17, 15) is 0 Å². The third-order valence-corrected chi connectivity index (χ3v) is 8.44. The molecule has 0 bridgehead atoms. The molecule has 188 valence electrons. The van der Waals surface area contributed by atoms with Crippen LogP contribution < -0.4 is 0 Å². The molecule has 9 aromatic rings. The predicted octanol–water partition coefficient (Wildman–Crippen LogP) is 8.92. The number of hydrogen-bond acceptors (Lipinski definition) is 1. The fourth-order valence-electron chi connectivity index (χ4n) is 6.71. The van der Waals surface area contributed by atoms with Crippen molar-refractivity contribution in [2.24, 2.45) is 7.05 Å². The molecule has 0 radical (unpaired) electrons. The van der Waals surface area contributed by atoms with Crippen LogP contribution in [0.5, 0.6) is 0 Å². The molecule has 0 amide bonds. The van der Waals surface area contributed by atoms with Crippen molar-refractivity contribution >= 4 is 65.4 Å². The van der Waals surface area contributed by atoms with Crippen molar-refractivity contribution in [1.29, 1.82) is 0 Å². The summed E-state index contributed by atoms with van der Waals surface area (Å²) in [6, 6.07) is 45.7. The van der Waals surface area contributed by atoms with Gasteiger partial charge in [0.1, 0.15) is 0 Å². The smallest absolute Gasteiger partial charge is 0.215 e. The Morgan fingerprint density at radius 1 is 0.425 bits per heavy atom. The Bertz CT molecular complexity index is 2440. The average molecular weight is 513 g/mol. The molecule has 40 heavy (non-hydrogen) atoms. The number of benzene rings is 6. The number of nitrogens with zero attached hydrogens (tertiary/aromatic N) is 4. The van der Waals surface area contributed by atoms with Crippen LogP contribution >= 0.6 is 0 Å². The van der Waals surface area contributed by atoms with Gasteiger partial charge in [-0.3, -0.25) is 4.57 Å². The van der Waals surface area contributed by atoms with Crippen molar-refractivity contribution in [3.8, 4) is 11.6 Å². The number of rotatable bonds is 2. The normalized spacial score (nSPS) is 12.1. The lowest BCUT2D eigenvalue weighted by molar-refractivity contribution is 0.871. The van der Waals surface area contributed by atoms with Crippen molar-refractivity contribution in [2.45, 2.75) is 0 Å². The molecule has 3 heterocycles. The van der Waals surface area contributed by atoms with Gasteiger partial charge in [0.05, 0.1) is 33.1 Å². The van der Waals surface area contributed by atoms with E-state index in [-0.39, 0.29) is 0 Å². The van der Waals surface area contributed by atoms with E-state index in [4.69, 9.17) is 4.98 Å². The second-order valence-electron chi connectivity index (χ2n) is 10.5. The summed E-state index contributed by atoms with van der Waals surface area (Å²) in [5, 5.41) is 7.43. The Morgan fingerprint density at radius 2 is 0.900 bits per heavy atom. The summed E-state index contributed by atoms with van der Waals surface area (Å²) in [6.07, 6.45) is 0. The topological polar surface area (TPSA) is 27.7 Å². The van der Waals surface area contributed by atoms with E-state index in [2.05, 4.69) is 148 Å². The molecule has 0 aliphatic heterocycles. The van der Waals surface area contributed by atoms with E-state index < -0.39 is 0 Å². The zero-order valence-corrected chi connectivity index (χ0v) is 21.9. The maximum absolute atomic E-state index is 5.14. The highest BCUT2D eigenvalue weighted by Crippen LogP contribution is 2.42. The van der Waals surface area contributed by atoms with Crippen molar-refractivity contribution in [3.63, 3.8) is 0 Å². The molecular weight excluding hydrogens is 488 g/mol. The molecule has 4 heteroatoms. The Balaban J connectivity index is 1.51. The fraction of sp³-hybridized carbons (Fsp3) is 0.0278. The summed E-state index contributed by atoms with van der Waals surface area (Å²) >= 11 is 0. The summed E-state index contributed by atoms with van der Waals surface area (Å²) in [6.45, 7) is 0. The van der Waals surface area contributed by atoms with Crippen LogP contribution in [0.4, 0.5) is 0 Å². The van der Waals surface area contributed by atoms with E-state index in [1.54, 1.807) is 0 Å². The van der Waals surface area contributed by atoms with Gasteiger partial charge in [0, 0.05) is 45.1 Å². The molecule has 0 fully saturated rings. The summed E-state index contributed by atoms with van der Waals surface area (Å²) in [5.74, 6) is 0.920. The fourth-order valence-corrected chi connectivity index (χ4v) is 6.71. The third kappa shape index (κ3) is 2.72. The molecule has 0 unspecified atom stereocenters. The predicted molar refractivity (Wildman–Crippen MR) is 167 cm³/mol. The van der Waals surface area contributed by atoms with Crippen LogP contribution in [0, 0.1) is 0 Å². The van der Waals surface area contributed by atoms with Gasteiger partial charge in [-0.2, -0.15) is 0 Å². The Labute approximate surface area is 229 Å². The second-order valence-corrected chi connectivity index (χ2v) is 10.5. The minimum atomic E-state index is 0.920. The highest BCUT2D eigenvalue weighted by molar-refractivity contribution is 6.26. The van der Waals surface area contributed by atoms with Crippen molar-refractivity contribution in [2.75, 3.05) is 0 Å². The first kappa shape index (κ1) is 21.6. The molecule has 0 spiro atoms. The number of aromatic nitrogens is 4. The quantitative estimate of drug-likeness (QED) is 0.227. The first-order valence-electron chi connectivity index (χ1n) is 13.6. The van der Waals surface area contributed by atoms with Crippen molar-refractivity contribution in [1.82, 2.24) is 18.7 Å². The molecule has 4 nitrogen and oxygen atoms in total. The van der Waals surface area contributed by atoms with E-state index in [0.717, 1.165) is 28.2 Å². The number of aryl methyl sites for hydroxylation is 1. The molecule has 0 aliphatic carbocycles. The number of fused-ring (bicyclic) bond motifs is 10. The Hall–Kier alpha value is -5.35. The molecular formula is C36H24N4. The van der Waals surface area contributed by atoms with Crippen LogP contribution in [0.15, 0.2) is 127 Å². The average Bonchev–Trinajstić information content (AvgIpc) is 3.65. The summed E-state index contributed by atoms with van der Waals surface area (Å²) < 4.78 is 6.98. The maximum atomic E-state index is 5.14. The van der Waals surface area contributed by atoms with E-state index >= 15 is 0 Å². The molecule has 6 aromatic carbocycles. The highest BCUT2D eigenvalue weighted by atomic mass is 15.2. The van der Waals surface area contributed by atoms with Gasteiger partial charge in [-0.05, 0) is 36.4 Å². The Morgan fingerprint density at radius 3 is 1.52 bits per heavy atom. The van der Waals surface area contributed by atoms with E-state index in [0.29, 0.717) is 0 Å². The van der Waals surface area contributed by atoms with E-state index in [1.807, 2.05) is 0 Å². The lowest BCUT2D eigenvalue weighted by Gasteiger charge is -2.12. The minimum Gasteiger partial charge on any atom is -0.313 e. The van der Waals surface area contributed by atoms with Gasteiger partial charge in [-0.15, -0.1) is 0 Å². The summed E-state index contributed by atoms with van der Waals surface area (Å²) in [7, 11) is 2.11. The van der Waals surface area contributed by atoms with Crippen molar-refractivity contribution in [3.05, 3.63) is 127 Å². The molecule has 0 saturated carbocycles. The molecule has 0 saturated heterocycles. The Kier molecular flexibility index (Phi) is 4.23.